The summed E-state index contributed by atoms with van der Waals surface area (Å²) in [5.74, 6) is -0.957. The van der Waals surface area contributed by atoms with Crippen LogP contribution in [0, 0.1) is 5.92 Å². The van der Waals surface area contributed by atoms with Gasteiger partial charge in [0, 0.05) is 38.3 Å². The molecule has 0 aromatic heterocycles. The van der Waals surface area contributed by atoms with Gasteiger partial charge in [-0.15, -0.1) is 0 Å². The first-order valence-electron chi connectivity index (χ1n) is 9.59. The third-order valence-corrected chi connectivity index (χ3v) is 5.63. The van der Waals surface area contributed by atoms with Gasteiger partial charge in [0.1, 0.15) is 0 Å². The summed E-state index contributed by atoms with van der Waals surface area (Å²) >= 11 is 0. The minimum atomic E-state index is -0.710. The van der Waals surface area contributed by atoms with Crippen molar-refractivity contribution in [3.63, 3.8) is 0 Å². The maximum Gasteiger partial charge on any atom is 0.317 e. The second kappa shape index (κ2) is 8.54. The molecule has 2 amide bonds. The zero-order valence-electron chi connectivity index (χ0n) is 15.4. The Bertz CT molecular complexity index is 614. The van der Waals surface area contributed by atoms with Gasteiger partial charge in [-0.2, -0.15) is 0 Å². The third kappa shape index (κ3) is 4.75. The standard InChI is InChI=1S/C20H29N3O3/c1-15-13-22(14-16-5-3-2-4-6-16)11-12-23(15)20(26)21-18-9-7-17(8-10-18)19(24)25/h2-6,15,17-18H,7-14H2,1H3,(H,21,26)(H,24,25)/t15-,17?,18?/m1/s1. The van der Waals surface area contributed by atoms with Crippen molar-refractivity contribution < 1.29 is 14.7 Å². The highest BCUT2D eigenvalue weighted by atomic mass is 16.4. The second-order valence-electron chi connectivity index (χ2n) is 7.60. The molecule has 3 rings (SSSR count). The topological polar surface area (TPSA) is 72.9 Å². The predicted octanol–water partition coefficient (Wildman–Crippen LogP) is 2.55. The van der Waals surface area contributed by atoms with Crippen LogP contribution in [0.15, 0.2) is 30.3 Å². The van der Waals surface area contributed by atoms with Crippen LogP contribution in [0.3, 0.4) is 0 Å². The van der Waals surface area contributed by atoms with Gasteiger partial charge < -0.3 is 15.3 Å². The lowest BCUT2D eigenvalue weighted by molar-refractivity contribution is -0.142. The number of carbonyl (C=O) groups is 2. The number of hydrogen-bond donors (Lipinski definition) is 2. The first-order valence-corrected chi connectivity index (χ1v) is 9.59. The normalized spacial score (nSPS) is 27.1. The number of piperazine rings is 1. The van der Waals surface area contributed by atoms with Gasteiger partial charge in [0.15, 0.2) is 0 Å². The Kier molecular flexibility index (Phi) is 6.14. The average molecular weight is 359 g/mol. The van der Waals surface area contributed by atoms with Crippen LogP contribution in [0.25, 0.3) is 0 Å². The van der Waals surface area contributed by atoms with Gasteiger partial charge in [0.05, 0.1) is 5.92 Å². The van der Waals surface area contributed by atoms with Crippen LogP contribution in [-0.2, 0) is 11.3 Å². The molecule has 1 saturated heterocycles. The molecule has 1 aliphatic carbocycles. The van der Waals surface area contributed by atoms with Crippen LogP contribution in [0.1, 0.15) is 38.2 Å². The molecule has 0 bridgehead atoms. The van der Waals surface area contributed by atoms with Gasteiger partial charge in [-0.05, 0) is 38.2 Å². The maximum atomic E-state index is 12.6. The molecule has 1 aliphatic heterocycles. The fourth-order valence-electron chi connectivity index (χ4n) is 4.06. The van der Waals surface area contributed by atoms with Crippen LogP contribution in [0.2, 0.25) is 0 Å². The zero-order chi connectivity index (χ0) is 18.5. The molecule has 26 heavy (non-hydrogen) atoms. The SMILES string of the molecule is C[C@@H]1CN(Cc2ccccc2)CCN1C(=O)NC1CCC(C(=O)O)CC1. The van der Waals surface area contributed by atoms with E-state index in [1.165, 1.54) is 5.56 Å². The molecule has 1 heterocycles. The fraction of sp³-hybridized carbons (Fsp3) is 0.600. The lowest BCUT2D eigenvalue weighted by Crippen LogP contribution is -2.57. The van der Waals surface area contributed by atoms with Crippen LogP contribution < -0.4 is 5.32 Å². The van der Waals surface area contributed by atoms with E-state index in [1.807, 2.05) is 11.0 Å². The number of carbonyl (C=O) groups excluding carboxylic acids is 1. The van der Waals surface area contributed by atoms with Gasteiger partial charge >= 0.3 is 12.0 Å². The molecular weight excluding hydrogens is 330 g/mol. The van der Waals surface area contributed by atoms with E-state index in [1.54, 1.807) is 0 Å². The Morgan fingerprint density at radius 1 is 1.12 bits per heavy atom. The molecule has 6 heteroatoms. The number of nitrogens with one attached hydrogen (secondary N) is 1. The summed E-state index contributed by atoms with van der Waals surface area (Å²) < 4.78 is 0. The summed E-state index contributed by atoms with van der Waals surface area (Å²) in [5.41, 5.74) is 1.30. The molecule has 1 aromatic rings. The second-order valence-corrected chi connectivity index (χ2v) is 7.60. The van der Waals surface area contributed by atoms with E-state index in [0.717, 1.165) is 39.0 Å². The number of amides is 2. The smallest absolute Gasteiger partial charge is 0.317 e. The monoisotopic (exact) mass is 359 g/mol. The number of rotatable bonds is 4. The first kappa shape index (κ1) is 18.7. The van der Waals surface area contributed by atoms with Crippen LogP contribution in [0.4, 0.5) is 4.79 Å². The summed E-state index contributed by atoms with van der Waals surface area (Å²) in [4.78, 5) is 28.0. The number of carboxylic acids is 1. The van der Waals surface area contributed by atoms with E-state index >= 15 is 0 Å². The van der Waals surface area contributed by atoms with Crippen molar-refractivity contribution in [2.75, 3.05) is 19.6 Å². The van der Waals surface area contributed by atoms with Gasteiger partial charge in [0.2, 0.25) is 0 Å². The number of carboxylic acid groups (broad SMARTS) is 1. The lowest BCUT2D eigenvalue weighted by atomic mass is 9.86. The van der Waals surface area contributed by atoms with E-state index in [-0.39, 0.29) is 24.0 Å². The van der Waals surface area contributed by atoms with Gasteiger partial charge in [-0.3, -0.25) is 9.69 Å². The van der Waals surface area contributed by atoms with Crippen molar-refractivity contribution in [1.29, 1.82) is 0 Å². The van der Waals surface area contributed by atoms with Crippen molar-refractivity contribution >= 4 is 12.0 Å². The average Bonchev–Trinajstić information content (AvgIpc) is 2.63. The molecular formula is C20H29N3O3. The van der Waals surface area contributed by atoms with E-state index in [9.17, 15) is 9.59 Å². The highest BCUT2D eigenvalue weighted by molar-refractivity contribution is 5.75. The van der Waals surface area contributed by atoms with Crippen molar-refractivity contribution in [3.8, 4) is 0 Å². The minimum absolute atomic E-state index is 0.00404. The van der Waals surface area contributed by atoms with Gasteiger partial charge in [0.25, 0.3) is 0 Å². The highest BCUT2D eigenvalue weighted by Gasteiger charge is 2.31. The van der Waals surface area contributed by atoms with Gasteiger partial charge in [-0.25, -0.2) is 4.79 Å². The molecule has 0 radical (unpaired) electrons. The van der Waals surface area contributed by atoms with Crippen LogP contribution in [0.5, 0.6) is 0 Å². The van der Waals surface area contributed by atoms with E-state index in [4.69, 9.17) is 5.11 Å². The summed E-state index contributed by atoms with van der Waals surface area (Å²) in [7, 11) is 0. The predicted molar refractivity (Wildman–Crippen MR) is 99.8 cm³/mol. The largest absolute Gasteiger partial charge is 0.481 e. The Hall–Kier alpha value is -2.08. The summed E-state index contributed by atoms with van der Waals surface area (Å²) in [5, 5.41) is 12.2. The Morgan fingerprint density at radius 3 is 2.42 bits per heavy atom. The van der Waals surface area contributed by atoms with Crippen LogP contribution >= 0.6 is 0 Å². The third-order valence-electron chi connectivity index (χ3n) is 5.63. The van der Waals surface area contributed by atoms with E-state index < -0.39 is 5.97 Å². The van der Waals surface area contributed by atoms with Crippen molar-refractivity contribution in [1.82, 2.24) is 15.1 Å². The zero-order valence-corrected chi connectivity index (χ0v) is 15.4. The Balaban J connectivity index is 1.45. The first-order chi connectivity index (χ1) is 12.5. The molecule has 2 aliphatic rings. The Labute approximate surface area is 155 Å². The van der Waals surface area contributed by atoms with Crippen molar-refractivity contribution in [2.24, 2.45) is 5.92 Å². The van der Waals surface area contributed by atoms with E-state index in [0.29, 0.717) is 12.8 Å². The molecule has 2 fully saturated rings. The molecule has 142 valence electrons. The molecule has 0 unspecified atom stereocenters. The molecule has 1 saturated carbocycles. The van der Waals surface area contributed by atoms with E-state index in [2.05, 4.69) is 41.4 Å². The quantitative estimate of drug-likeness (QED) is 0.867. The summed E-state index contributed by atoms with van der Waals surface area (Å²) in [6.07, 6.45) is 2.82. The van der Waals surface area contributed by atoms with Crippen molar-refractivity contribution in [2.45, 2.75) is 51.2 Å². The highest BCUT2D eigenvalue weighted by Crippen LogP contribution is 2.25. The molecule has 2 N–H and O–H groups in total. The number of hydrogen-bond acceptors (Lipinski definition) is 3. The number of benzene rings is 1. The van der Waals surface area contributed by atoms with Crippen LogP contribution in [-0.4, -0.2) is 58.6 Å². The number of nitrogens with zero attached hydrogens (tertiary/aromatic N) is 2. The lowest BCUT2D eigenvalue weighted by Gasteiger charge is -2.40. The molecule has 6 nitrogen and oxygen atoms in total. The minimum Gasteiger partial charge on any atom is -0.481 e. The fourth-order valence-corrected chi connectivity index (χ4v) is 4.06. The number of aliphatic carboxylic acids is 1. The van der Waals surface area contributed by atoms with Gasteiger partial charge in [-0.1, -0.05) is 30.3 Å². The molecule has 1 aromatic carbocycles. The summed E-state index contributed by atoms with van der Waals surface area (Å²) in [6.45, 7) is 5.48. The van der Waals surface area contributed by atoms with Crippen molar-refractivity contribution in [3.05, 3.63) is 35.9 Å². The molecule has 0 spiro atoms. The number of urea groups is 1. The summed E-state index contributed by atoms with van der Waals surface area (Å²) in [6, 6.07) is 10.7. The Morgan fingerprint density at radius 2 is 1.81 bits per heavy atom. The molecule has 1 atom stereocenters. The maximum absolute atomic E-state index is 12.6.